The molecule has 10 heteroatoms. The van der Waals surface area contributed by atoms with Crippen LogP contribution in [0.25, 0.3) is 0 Å². The number of H-pyrrole nitrogens is 1. The van der Waals surface area contributed by atoms with Crippen molar-refractivity contribution in [2.75, 3.05) is 23.7 Å². The van der Waals surface area contributed by atoms with Gasteiger partial charge in [-0.15, -0.1) is 0 Å². The predicted molar refractivity (Wildman–Crippen MR) is 110 cm³/mol. The second-order valence-electron chi connectivity index (χ2n) is 7.03. The standard InChI is InChI=1S/C20H27F2N5O3/c1-4-6-9-27-18(23)17(19(29)25-20(27)30)26(5-2)16(28)11-24-12(3)14-8-7-13(21)10-15(14)22/h7-8,10,12,24H,4-6,9,11,23H2,1-3H3,(H,25,29,30)/p+1/t12-/m1/s1. The van der Waals surface area contributed by atoms with Crippen molar-refractivity contribution in [2.24, 2.45) is 0 Å². The van der Waals surface area contributed by atoms with Crippen LogP contribution in [0.4, 0.5) is 20.3 Å². The molecule has 0 bridgehead atoms. The van der Waals surface area contributed by atoms with Gasteiger partial charge in [0.2, 0.25) is 0 Å². The molecule has 0 saturated heterocycles. The molecule has 0 aliphatic heterocycles. The Kier molecular flexibility index (Phi) is 7.87. The molecule has 1 atom stereocenters. The van der Waals surface area contributed by atoms with Gasteiger partial charge in [0.05, 0.1) is 0 Å². The molecule has 0 aliphatic carbocycles. The summed E-state index contributed by atoms with van der Waals surface area (Å²) in [5.41, 5.74) is 4.90. The molecule has 0 unspecified atom stereocenters. The minimum Gasteiger partial charge on any atom is -0.383 e. The number of halogens is 2. The number of nitrogen functional groups attached to an aromatic ring is 1. The van der Waals surface area contributed by atoms with Crippen LogP contribution in [-0.2, 0) is 11.3 Å². The number of benzene rings is 1. The van der Waals surface area contributed by atoms with Crippen molar-refractivity contribution in [1.82, 2.24) is 9.55 Å². The molecule has 1 aromatic heterocycles. The average Bonchev–Trinajstić information content (AvgIpc) is 2.68. The quantitative estimate of drug-likeness (QED) is 0.554. The number of carbonyl (C=O) groups is 1. The Morgan fingerprint density at radius 1 is 1.30 bits per heavy atom. The van der Waals surface area contributed by atoms with Crippen LogP contribution in [-0.4, -0.2) is 28.5 Å². The van der Waals surface area contributed by atoms with Crippen LogP contribution in [0.1, 0.15) is 45.2 Å². The number of hydrogen-bond acceptors (Lipinski definition) is 4. The van der Waals surface area contributed by atoms with Gasteiger partial charge in [0.15, 0.2) is 12.2 Å². The molecule has 1 amide bonds. The zero-order valence-electron chi connectivity index (χ0n) is 17.4. The summed E-state index contributed by atoms with van der Waals surface area (Å²) in [4.78, 5) is 40.7. The first-order chi connectivity index (χ1) is 14.2. The topological polar surface area (TPSA) is 118 Å². The summed E-state index contributed by atoms with van der Waals surface area (Å²) >= 11 is 0. The van der Waals surface area contributed by atoms with Gasteiger partial charge in [-0.1, -0.05) is 13.3 Å². The highest BCUT2D eigenvalue weighted by Gasteiger charge is 2.25. The number of hydrogen-bond donors (Lipinski definition) is 3. The van der Waals surface area contributed by atoms with Gasteiger partial charge in [0.25, 0.3) is 11.5 Å². The molecule has 0 radical (unpaired) electrons. The van der Waals surface area contributed by atoms with Crippen LogP contribution in [0.15, 0.2) is 27.8 Å². The van der Waals surface area contributed by atoms with Gasteiger partial charge < -0.3 is 11.1 Å². The Labute approximate surface area is 172 Å². The van der Waals surface area contributed by atoms with Gasteiger partial charge in [-0.05, 0) is 32.4 Å². The number of unbranched alkanes of at least 4 members (excludes halogenated alkanes) is 1. The zero-order valence-corrected chi connectivity index (χ0v) is 17.4. The lowest BCUT2D eigenvalue weighted by Crippen LogP contribution is -2.87. The average molecular weight is 424 g/mol. The van der Waals surface area contributed by atoms with Crippen molar-refractivity contribution in [3.8, 4) is 0 Å². The number of aromatic nitrogens is 2. The molecule has 30 heavy (non-hydrogen) atoms. The number of carbonyl (C=O) groups excluding carboxylic acids is 1. The van der Waals surface area contributed by atoms with Crippen molar-refractivity contribution in [3.05, 3.63) is 56.2 Å². The molecule has 8 nitrogen and oxygen atoms in total. The highest BCUT2D eigenvalue weighted by molar-refractivity contribution is 5.96. The van der Waals surface area contributed by atoms with Gasteiger partial charge in [0, 0.05) is 24.7 Å². The number of aromatic amines is 1. The van der Waals surface area contributed by atoms with Crippen molar-refractivity contribution in [2.45, 2.75) is 46.2 Å². The molecule has 164 valence electrons. The van der Waals surface area contributed by atoms with Gasteiger partial charge in [-0.2, -0.15) is 0 Å². The first kappa shape index (κ1) is 23.3. The smallest absolute Gasteiger partial charge is 0.330 e. The second-order valence-corrected chi connectivity index (χ2v) is 7.03. The summed E-state index contributed by atoms with van der Waals surface area (Å²) in [5.74, 6) is -1.86. The number of nitrogens with one attached hydrogen (secondary N) is 1. The highest BCUT2D eigenvalue weighted by Crippen LogP contribution is 2.17. The molecular weight excluding hydrogens is 396 g/mol. The molecule has 1 heterocycles. The van der Waals surface area contributed by atoms with Crippen LogP contribution in [0, 0.1) is 11.6 Å². The third kappa shape index (κ3) is 5.12. The van der Waals surface area contributed by atoms with Crippen LogP contribution < -0.4 is 27.2 Å². The molecule has 0 fully saturated rings. The fraction of sp³-hybridized carbons (Fsp3) is 0.450. The lowest BCUT2D eigenvalue weighted by Gasteiger charge is -2.23. The summed E-state index contributed by atoms with van der Waals surface area (Å²) in [6.45, 7) is 5.71. The number of quaternary nitrogens is 1. The van der Waals surface area contributed by atoms with Crippen LogP contribution in [0.5, 0.6) is 0 Å². The van der Waals surface area contributed by atoms with Crippen LogP contribution >= 0.6 is 0 Å². The van der Waals surface area contributed by atoms with E-state index >= 15 is 0 Å². The van der Waals surface area contributed by atoms with Crippen LogP contribution in [0.3, 0.4) is 0 Å². The van der Waals surface area contributed by atoms with Crippen molar-refractivity contribution in [3.63, 3.8) is 0 Å². The van der Waals surface area contributed by atoms with E-state index in [1.54, 1.807) is 19.2 Å². The number of rotatable bonds is 9. The maximum absolute atomic E-state index is 14.0. The van der Waals surface area contributed by atoms with E-state index in [4.69, 9.17) is 5.73 Å². The summed E-state index contributed by atoms with van der Waals surface area (Å²) in [6, 6.07) is 2.82. The molecular formula is C20H28F2N5O3+. The number of nitrogens with zero attached hydrogens (tertiary/aromatic N) is 2. The molecule has 0 spiro atoms. The normalized spacial score (nSPS) is 12.0. The summed E-state index contributed by atoms with van der Waals surface area (Å²) in [6.07, 6.45) is 1.51. The highest BCUT2D eigenvalue weighted by atomic mass is 19.1. The van der Waals surface area contributed by atoms with E-state index in [-0.39, 0.29) is 30.2 Å². The van der Waals surface area contributed by atoms with E-state index in [0.717, 1.165) is 18.6 Å². The molecule has 0 saturated carbocycles. The minimum absolute atomic E-state index is 0.0648. The number of likely N-dealkylation sites (N-methyl/N-ethyl adjacent to an activating group) is 1. The summed E-state index contributed by atoms with van der Waals surface area (Å²) in [7, 11) is 0. The molecule has 2 aromatic rings. The maximum Gasteiger partial charge on any atom is 0.330 e. The van der Waals surface area contributed by atoms with E-state index < -0.39 is 34.8 Å². The van der Waals surface area contributed by atoms with E-state index in [0.29, 0.717) is 13.0 Å². The Hall–Kier alpha value is -3.01. The fourth-order valence-electron chi connectivity index (χ4n) is 3.22. The number of nitrogens with two attached hydrogens (primary N) is 2. The first-order valence-electron chi connectivity index (χ1n) is 9.92. The first-order valence-corrected chi connectivity index (χ1v) is 9.92. The van der Waals surface area contributed by atoms with Gasteiger partial charge >= 0.3 is 5.69 Å². The Morgan fingerprint density at radius 3 is 2.60 bits per heavy atom. The Morgan fingerprint density at radius 2 is 2.00 bits per heavy atom. The fourth-order valence-corrected chi connectivity index (χ4v) is 3.22. The summed E-state index contributed by atoms with van der Waals surface area (Å²) < 4.78 is 28.3. The van der Waals surface area contributed by atoms with E-state index in [2.05, 4.69) is 4.98 Å². The van der Waals surface area contributed by atoms with Gasteiger partial charge in [-0.25, -0.2) is 13.6 Å². The minimum atomic E-state index is -0.738. The lowest BCUT2D eigenvalue weighted by molar-refractivity contribution is -0.682. The largest absolute Gasteiger partial charge is 0.383 e. The molecule has 2 rings (SSSR count). The predicted octanol–water partition coefficient (Wildman–Crippen LogP) is 0.875. The van der Waals surface area contributed by atoms with Crippen LogP contribution in [0.2, 0.25) is 0 Å². The zero-order chi connectivity index (χ0) is 22.4. The third-order valence-electron chi connectivity index (χ3n) is 4.94. The monoisotopic (exact) mass is 424 g/mol. The van der Waals surface area contributed by atoms with E-state index in [9.17, 15) is 23.2 Å². The molecule has 1 aromatic carbocycles. The van der Waals surface area contributed by atoms with Crippen molar-refractivity contribution >= 4 is 17.4 Å². The second kappa shape index (κ2) is 10.1. The number of amides is 1. The maximum atomic E-state index is 14.0. The van der Waals surface area contributed by atoms with E-state index in [1.807, 2.05) is 6.92 Å². The Bertz CT molecular complexity index is 1020. The molecule has 5 N–H and O–H groups in total. The third-order valence-corrected chi connectivity index (χ3v) is 4.94. The SMILES string of the molecule is CCCCn1c(N)c(N(CC)C(=O)C[NH2+][C@H](C)c2ccc(F)cc2F)c(=O)[nH]c1=O. The van der Waals surface area contributed by atoms with Gasteiger partial charge in [-0.3, -0.25) is 24.0 Å². The Balaban J connectivity index is 2.24. The number of anilines is 2. The lowest BCUT2D eigenvalue weighted by atomic mass is 10.1. The van der Waals surface area contributed by atoms with Gasteiger partial charge in [0.1, 0.15) is 23.5 Å². The van der Waals surface area contributed by atoms with Crippen molar-refractivity contribution < 1.29 is 18.9 Å². The summed E-state index contributed by atoms with van der Waals surface area (Å²) in [5, 5.41) is 1.58. The molecule has 0 aliphatic rings. The van der Waals surface area contributed by atoms with Crippen molar-refractivity contribution in [1.29, 1.82) is 0 Å². The van der Waals surface area contributed by atoms with E-state index in [1.165, 1.54) is 15.5 Å².